The first-order chi connectivity index (χ1) is 11.7. The van der Waals surface area contributed by atoms with Crippen LogP contribution in [-0.2, 0) is 6.42 Å². The van der Waals surface area contributed by atoms with Gasteiger partial charge in [-0.3, -0.25) is 0 Å². The summed E-state index contributed by atoms with van der Waals surface area (Å²) in [7, 11) is 0. The third kappa shape index (κ3) is 2.60. The molecule has 2 heterocycles. The van der Waals surface area contributed by atoms with Crippen LogP contribution in [-0.4, -0.2) is 16.5 Å². The number of nitrogens with one attached hydrogen (secondary N) is 1. The Bertz CT molecular complexity index is 888. The molecule has 3 aromatic rings. The minimum absolute atomic E-state index is 0.818. The van der Waals surface area contributed by atoms with E-state index in [1.54, 1.807) is 6.33 Å². The van der Waals surface area contributed by atoms with Crippen LogP contribution in [0.25, 0.3) is 0 Å². The summed E-state index contributed by atoms with van der Waals surface area (Å²) in [6.07, 6.45) is 2.68. The summed E-state index contributed by atoms with van der Waals surface area (Å²) in [5, 5.41) is 3.42. The van der Waals surface area contributed by atoms with Gasteiger partial charge in [-0.05, 0) is 49.1 Å². The van der Waals surface area contributed by atoms with Crippen LogP contribution in [0.2, 0.25) is 0 Å². The normalized spacial score (nSPS) is 13.0. The van der Waals surface area contributed by atoms with Gasteiger partial charge in [0.15, 0.2) is 0 Å². The van der Waals surface area contributed by atoms with E-state index in [2.05, 4.69) is 76.5 Å². The molecule has 4 nitrogen and oxygen atoms in total. The van der Waals surface area contributed by atoms with E-state index in [4.69, 9.17) is 0 Å². The summed E-state index contributed by atoms with van der Waals surface area (Å²) in [5.74, 6) is 1.75. The zero-order valence-electron chi connectivity index (χ0n) is 14.0. The molecule has 24 heavy (non-hydrogen) atoms. The van der Waals surface area contributed by atoms with Gasteiger partial charge in [-0.1, -0.05) is 30.3 Å². The Morgan fingerprint density at radius 2 is 1.88 bits per heavy atom. The molecule has 1 N–H and O–H groups in total. The fourth-order valence-electron chi connectivity index (χ4n) is 3.16. The molecule has 2 aromatic carbocycles. The van der Waals surface area contributed by atoms with Crippen LogP contribution >= 0.6 is 0 Å². The predicted octanol–water partition coefficient (Wildman–Crippen LogP) is 4.53. The molecule has 0 spiro atoms. The van der Waals surface area contributed by atoms with Gasteiger partial charge in [0.25, 0.3) is 0 Å². The summed E-state index contributed by atoms with van der Waals surface area (Å²) >= 11 is 0. The number of para-hydroxylation sites is 1. The summed E-state index contributed by atoms with van der Waals surface area (Å²) in [5.41, 5.74) is 6.21. The Hall–Kier alpha value is -2.88. The summed E-state index contributed by atoms with van der Waals surface area (Å²) < 4.78 is 0. The van der Waals surface area contributed by atoms with Crippen molar-refractivity contribution in [2.24, 2.45) is 0 Å². The molecular formula is C20H20N4. The number of rotatable bonds is 3. The average Bonchev–Trinajstić information content (AvgIpc) is 3.03. The third-order valence-corrected chi connectivity index (χ3v) is 4.68. The second kappa shape index (κ2) is 5.96. The lowest BCUT2D eigenvalue weighted by Crippen LogP contribution is -2.15. The van der Waals surface area contributed by atoms with Crippen molar-refractivity contribution < 1.29 is 0 Å². The lowest BCUT2D eigenvalue weighted by molar-refractivity contribution is 0.965. The van der Waals surface area contributed by atoms with Crippen LogP contribution < -0.4 is 10.2 Å². The number of hydrogen-bond donors (Lipinski definition) is 1. The van der Waals surface area contributed by atoms with Crippen molar-refractivity contribution in [2.75, 3.05) is 16.8 Å². The number of benzene rings is 2. The van der Waals surface area contributed by atoms with E-state index in [-0.39, 0.29) is 0 Å². The lowest BCUT2D eigenvalue weighted by atomic mass is 10.1. The highest BCUT2D eigenvalue weighted by molar-refractivity contribution is 5.70. The summed E-state index contributed by atoms with van der Waals surface area (Å²) in [6.45, 7) is 5.20. The molecule has 120 valence electrons. The second-order valence-electron chi connectivity index (χ2n) is 6.16. The van der Waals surface area contributed by atoms with Gasteiger partial charge in [-0.25, -0.2) is 9.97 Å². The van der Waals surface area contributed by atoms with Gasteiger partial charge in [-0.15, -0.1) is 0 Å². The lowest BCUT2D eigenvalue weighted by Gasteiger charge is -2.19. The molecule has 1 aliphatic rings. The molecule has 4 rings (SSSR count). The SMILES string of the molecule is Cc1cccc(Nc2cc(N3CCc4ccccc43)ncn2)c1C. The topological polar surface area (TPSA) is 41.0 Å². The van der Waals surface area contributed by atoms with Crippen LogP contribution in [0.5, 0.6) is 0 Å². The fraction of sp³-hybridized carbons (Fsp3) is 0.200. The number of aromatic nitrogens is 2. The zero-order valence-corrected chi connectivity index (χ0v) is 14.0. The van der Waals surface area contributed by atoms with Crippen LogP contribution in [0.3, 0.4) is 0 Å². The molecule has 1 aliphatic heterocycles. The van der Waals surface area contributed by atoms with Crippen molar-refractivity contribution >= 4 is 23.0 Å². The van der Waals surface area contributed by atoms with Crippen LogP contribution in [0, 0.1) is 13.8 Å². The van der Waals surface area contributed by atoms with Gasteiger partial charge in [-0.2, -0.15) is 0 Å². The summed E-state index contributed by atoms with van der Waals surface area (Å²) in [4.78, 5) is 11.1. The van der Waals surface area contributed by atoms with E-state index in [1.807, 2.05) is 6.07 Å². The van der Waals surface area contributed by atoms with Crippen molar-refractivity contribution in [2.45, 2.75) is 20.3 Å². The third-order valence-electron chi connectivity index (χ3n) is 4.68. The van der Waals surface area contributed by atoms with Crippen LogP contribution in [0.4, 0.5) is 23.0 Å². The zero-order chi connectivity index (χ0) is 16.5. The molecule has 0 fully saturated rings. The molecule has 0 atom stereocenters. The van der Waals surface area contributed by atoms with Gasteiger partial charge in [0.1, 0.15) is 18.0 Å². The largest absolute Gasteiger partial charge is 0.340 e. The van der Waals surface area contributed by atoms with E-state index in [1.165, 1.54) is 22.4 Å². The minimum atomic E-state index is 0.818. The quantitative estimate of drug-likeness (QED) is 0.770. The Labute approximate surface area is 142 Å². The molecule has 4 heteroatoms. The number of nitrogens with zero attached hydrogens (tertiary/aromatic N) is 3. The molecule has 0 bridgehead atoms. The van der Waals surface area contributed by atoms with Crippen molar-refractivity contribution in [1.29, 1.82) is 0 Å². The first kappa shape index (κ1) is 14.7. The van der Waals surface area contributed by atoms with Gasteiger partial charge >= 0.3 is 0 Å². The number of anilines is 4. The first-order valence-electron chi connectivity index (χ1n) is 8.23. The molecular weight excluding hydrogens is 296 g/mol. The van der Waals surface area contributed by atoms with Gasteiger partial charge in [0.2, 0.25) is 0 Å². The smallest absolute Gasteiger partial charge is 0.138 e. The number of aryl methyl sites for hydroxylation is 1. The monoisotopic (exact) mass is 316 g/mol. The average molecular weight is 316 g/mol. The molecule has 0 amide bonds. The number of fused-ring (bicyclic) bond motifs is 1. The van der Waals surface area contributed by atoms with E-state index in [0.717, 1.165) is 30.3 Å². The Balaban J connectivity index is 1.64. The van der Waals surface area contributed by atoms with E-state index < -0.39 is 0 Å². The maximum Gasteiger partial charge on any atom is 0.138 e. The maximum absolute atomic E-state index is 4.48. The van der Waals surface area contributed by atoms with Gasteiger partial charge < -0.3 is 10.2 Å². The molecule has 0 radical (unpaired) electrons. The highest BCUT2D eigenvalue weighted by Crippen LogP contribution is 2.34. The van der Waals surface area contributed by atoms with Crippen LogP contribution in [0.1, 0.15) is 16.7 Å². The Morgan fingerprint density at radius 1 is 1.00 bits per heavy atom. The van der Waals surface area contributed by atoms with E-state index in [9.17, 15) is 0 Å². The Kier molecular flexibility index (Phi) is 3.65. The highest BCUT2D eigenvalue weighted by atomic mass is 15.2. The molecule has 0 saturated carbocycles. The van der Waals surface area contributed by atoms with Gasteiger partial charge in [0.05, 0.1) is 0 Å². The number of hydrogen-bond acceptors (Lipinski definition) is 4. The standard InChI is InChI=1S/C20H20N4/c1-14-6-5-8-17(15(14)2)23-19-12-20(22-13-21-19)24-11-10-16-7-3-4-9-18(16)24/h3-9,12-13H,10-11H2,1-2H3,(H,21,22,23). The van der Waals surface area contributed by atoms with Crippen molar-refractivity contribution in [3.8, 4) is 0 Å². The van der Waals surface area contributed by atoms with E-state index in [0.29, 0.717) is 0 Å². The van der Waals surface area contributed by atoms with Crippen molar-refractivity contribution in [1.82, 2.24) is 9.97 Å². The van der Waals surface area contributed by atoms with Gasteiger partial charge in [0, 0.05) is 24.0 Å². The van der Waals surface area contributed by atoms with Crippen LogP contribution in [0.15, 0.2) is 54.9 Å². The minimum Gasteiger partial charge on any atom is -0.340 e. The molecule has 1 aromatic heterocycles. The highest BCUT2D eigenvalue weighted by Gasteiger charge is 2.21. The summed E-state index contributed by atoms with van der Waals surface area (Å²) in [6, 6.07) is 16.8. The van der Waals surface area contributed by atoms with Crippen molar-refractivity contribution in [3.63, 3.8) is 0 Å². The second-order valence-corrected chi connectivity index (χ2v) is 6.16. The van der Waals surface area contributed by atoms with E-state index >= 15 is 0 Å². The molecule has 0 saturated heterocycles. The Morgan fingerprint density at radius 3 is 2.79 bits per heavy atom. The van der Waals surface area contributed by atoms with Crippen molar-refractivity contribution in [3.05, 3.63) is 71.5 Å². The molecule has 0 aliphatic carbocycles. The predicted molar refractivity (Wildman–Crippen MR) is 98.4 cm³/mol. The first-order valence-corrected chi connectivity index (χ1v) is 8.23. The molecule has 0 unspecified atom stereocenters. The fourth-order valence-corrected chi connectivity index (χ4v) is 3.16. The maximum atomic E-state index is 4.48.